The van der Waals surface area contributed by atoms with Crippen LogP contribution in [0, 0.1) is 0 Å². The zero-order chi connectivity index (χ0) is 9.10. The summed E-state index contributed by atoms with van der Waals surface area (Å²) in [4.78, 5) is 0. The SMILES string of the molecule is S=CCSc1ccc2nnnn2n1. The average Bonchev–Trinajstić information content (AvgIpc) is 2.61. The van der Waals surface area contributed by atoms with Crippen molar-refractivity contribution in [1.82, 2.24) is 25.3 Å². The highest BCUT2D eigenvalue weighted by atomic mass is 32.2. The number of thioether (sulfide) groups is 1. The molecule has 2 heterocycles. The Kier molecular flexibility index (Phi) is 2.46. The van der Waals surface area contributed by atoms with Gasteiger partial charge in [0.1, 0.15) is 5.03 Å². The summed E-state index contributed by atoms with van der Waals surface area (Å²) >= 11 is 6.26. The summed E-state index contributed by atoms with van der Waals surface area (Å²) in [5.41, 5.74) is 0.645. The third-order valence-corrected chi connectivity index (χ3v) is 2.57. The van der Waals surface area contributed by atoms with Gasteiger partial charge in [-0.2, -0.15) is 0 Å². The zero-order valence-corrected chi connectivity index (χ0v) is 8.12. The number of tetrazole rings is 1. The van der Waals surface area contributed by atoms with Gasteiger partial charge in [-0.15, -0.1) is 14.8 Å². The molecule has 0 fully saturated rings. The fraction of sp³-hybridized carbons (Fsp3) is 0.167. The molecule has 0 bridgehead atoms. The van der Waals surface area contributed by atoms with Gasteiger partial charge in [-0.05, 0) is 27.9 Å². The highest BCUT2D eigenvalue weighted by Gasteiger charge is 1.99. The molecule has 2 aromatic heterocycles. The van der Waals surface area contributed by atoms with Gasteiger partial charge in [-0.3, -0.25) is 0 Å². The van der Waals surface area contributed by atoms with E-state index in [2.05, 4.69) is 20.6 Å². The first-order valence-corrected chi connectivity index (χ1v) is 4.98. The van der Waals surface area contributed by atoms with E-state index in [4.69, 9.17) is 12.2 Å². The Morgan fingerprint density at radius 1 is 1.54 bits per heavy atom. The lowest BCUT2D eigenvalue weighted by atomic mass is 10.6. The quantitative estimate of drug-likeness (QED) is 0.547. The second kappa shape index (κ2) is 3.75. The zero-order valence-electron chi connectivity index (χ0n) is 6.49. The van der Waals surface area contributed by atoms with Crippen molar-refractivity contribution in [2.75, 3.05) is 5.75 Å². The standard InChI is InChI=1S/C6H5N5S2/c12-3-4-13-6-2-1-5-7-9-10-11(5)8-6/h1-3H,4H2. The first-order chi connectivity index (χ1) is 6.40. The molecule has 0 aliphatic rings. The minimum Gasteiger partial charge on any atom is -0.140 e. The Morgan fingerprint density at radius 2 is 2.46 bits per heavy atom. The first-order valence-electron chi connectivity index (χ1n) is 3.52. The number of fused-ring (bicyclic) bond motifs is 1. The van der Waals surface area contributed by atoms with Gasteiger partial charge in [0.05, 0.1) is 0 Å². The van der Waals surface area contributed by atoms with Gasteiger partial charge in [-0.1, -0.05) is 24.0 Å². The van der Waals surface area contributed by atoms with E-state index >= 15 is 0 Å². The van der Waals surface area contributed by atoms with Crippen LogP contribution in [0.1, 0.15) is 0 Å². The monoisotopic (exact) mass is 211 g/mol. The highest BCUT2D eigenvalue weighted by molar-refractivity contribution is 8.00. The van der Waals surface area contributed by atoms with Crippen molar-refractivity contribution in [3.63, 3.8) is 0 Å². The lowest BCUT2D eigenvalue weighted by molar-refractivity contribution is 0.703. The predicted molar refractivity (Wildman–Crippen MR) is 53.0 cm³/mol. The van der Waals surface area contributed by atoms with Crippen molar-refractivity contribution in [2.45, 2.75) is 5.03 Å². The molecule has 0 saturated carbocycles. The molecular weight excluding hydrogens is 206 g/mol. The van der Waals surface area contributed by atoms with Crippen LogP contribution in [0.2, 0.25) is 0 Å². The maximum absolute atomic E-state index is 4.71. The molecule has 0 spiro atoms. The highest BCUT2D eigenvalue weighted by Crippen LogP contribution is 2.12. The summed E-state index contributed by atoms with van der Waals surface area (Å²) in [6, 6.07) is 3.69. The minimum atomic E-state index is 0.645. The number of hydrogen-bond acceptors (Lipinski definition) is 6. The molecule has 0 aliphatic heterocycles. The number of hydrogen-bond donors (Lipinski definition) is 0. The van der Waals surface area contributed by atoms with Crippen molar-refractivity contribution < 1.29 is 0 Å². The summed E-state index contributed by atoms with van der Waals surface area (Å²) < 4.78 is 1.39. The summed E-state index contributed by atoms with van der Waals surface area (Å²) in [6.07, 6.45) is 0. The molecule has 2 rings (SSSR count). The summed E-state index contributed by atoms with van der Waals surface area (Å²) in [7, 11) is 0. The van der Waals surface area contributed by atoms with Crippen LogP contribution in [-0.4, -0.2) is 36.4 Å². The topological polar surface area (TPSA) is 56.0 Å². The van der Waals surface area contributed by atoms with Crippen LogP contribution in [0.25, 0.3) is 5.65 Å². The van der Waals surface area contributed by atoms with Gasteiger partial charge in [0.25, 0.3) is 0 Å². The van der Waals surface area contributed by atoms with Crippen LogP contribution < -0.4 is 0 Å². The molecule has 2 aromatic rings. The first kappa shape index (κ1) is 8.52. The summed E-state index contributed by atoms with van der Waals surface area (Å²) in [6.45, 7) is 0. The maximum Gasteiger partial charge on any atom is 0.200 e. The minimum absolute atomic E-state index is 0.645. The lowest BCUT2D eigenvalue weighted by Crippen LogP contribution is -1.95. The number of nitrogens with zero attached hydrogens (tertiary/aromatic N) is 5. The third-order valence-electron chi connectivity index (χ3n) is 1.34. The molecule has 66 valence electrons. The largest absolute Gasteiger partial charge is 0.200 e. The molecule has 0 saturated heterocycles. The van der Waals surface area contributed by atoms with Crippen LogP contribution in [0.15, 0.2) is 17.2 Å². The maximum atomic E-state index is 4.71. The Balaban J connectivity index is 2.31. The van der Waals surface area contributed by atoms with E-state index in [9.17, 15) is 0 Å². The van der Waals surface area contributed by atoms with Gasteiger partial charge in [-0.25, -0.2) is 0 Å². The van der Waals surface area contributed by atoms with Crippen LogP contribution >= 0.6 is 24.0 Å². The molecule has 5 nitrogen and oxygen atoms in total. The molecule has 0 atom stereocenters. The van der Waals surface area contributed by atoms with Gasteiger partial charge in [0.2, 0.25) is 0 Å². The van der Waals surface area contributed by atoms with Gasteiger partial charge < -0.3 is 0 Å². The summed E-state index contributed by atoms with van der Waals surface area (Å²) in [5, 5.41) is 17.6. The molecule has 0 amide bonds. The van der Waals surface area contributed by atoms with Gasteiger partial charge in [0, 0.05) is 5.75 Å². The molecule has 0 aliphatic carbocycles. The molecule has 7 heteroatoms. The van der Waals surface area contributed by atoms with Crippen LogP contribution in [0.5, 0.6) is 0 Å². The van der Waals surface area contributed by atoms with E-state index in [-0.39, 0.29) is 0 Å². The van der Waals surface area contributed by atoms with E-state index in [1.165, 1.54) is 4.63 Å². The number of rotatable bonds is 3. The Bertz CT molecular complexity index is 426. The van der Waals surface area contributed by atoms with Crippen LogP contribution in [-0.2, 0) is 0 Å². The third kappa shape index (κ3) is 1.81. The lowest BCUT2D eigenvalue weighted by Gasteiger charge is -1.95. The van der Waals surface area contributed by atoms with Gasteiger partial charge >= 0.3 is 0 Å². The molecule has 0 aromatic carbocycles. The molecule has 13 heavy (non-hydrogen) atoms. The van der Waals surface area contributed by atoms with Crippen molar-refractivity contribution in [3.05, 3.63) is 12.1 Å². The van der Waals surface area contributed by atoms with Crippen molar-refractivity contribution in [2.24, 2.45) is 0 Å². The van der Waals surface area contributed by atoms with E-state index in [0.29, 0.717) is 5.65 Å². The van der Waals surface area contributed by atoms with Crippen molar-refractivity contribution in [1.29, 1.82) is 0 Å². The fourth-order valence-corrected chi connectivity index (χ4v) is 1.57. The second-order valence-electron chi connectivity index (χ2n) is 2.18. The molecular formula is C6H5N5S2. The number of aromatic nitrogens is 5. The summed E-state index contributed by atoms with van der Waals surface area (Å²) in [5.74, 6) is 0.760. The average molecular weight is 211 g/mol. The number of thiocarbonyl (C=S) groups is 1. The molecule has 0 radical (unpaired) electrons. The Morgan fingerprint density at radius 3 is 3.31 bits per heavy atom. The smallest absolute Gasteiger partial charge is 0.140 e. The Labute approximate surface area is 83.5 Å². The van der Waals surface area contributed by atoms with E-state index in [0.717, 1.165) is 10.8 Å². The van der Waals surface area contributed by atoms with E-state index < -0.39 is 0 Å². The van der Waals surface area contributed by atoms with Crippen molar-refractivity contribution in [3.8, 4) is 0 Å². The second-order valence-corrected chi connectivity index (χ2v) is 3.55. The normalized spacial score (nSPS) is 10.5. The fourth-order valence-electron chi connectivity index (χ4n) is 0.830. The van der Waals surface area contributed by atoms with E-state index in [1.54, 1.807) is 17.1 Å². The van der Waals surface area contributed by atoms with Gasteiger partial charge in [0.15, 0.2) is 5.65 Å². The predicted octanol–water partition coefficient (Wildman–Crippen LogP) is 0.611. The molecule has 0 N–H and O–H groups in total. The van der Waals surface area contributed by atoms with Crippen LogP contribution in [0.4, 0.5) is 0 Å². The Hall–Kier alpha value is -1.08. The molecule has 0 unspecified atom stereocenters. The van der Waals surface area contributed by atoms with Crippen LogP contribution in [0.3, 0.4) is 0 Å². The van der Waals surface area contributed by atoms with E-state index in [1.807, 2.05) is 12.1 Å². The van der Waals surface area contributed by atoms with Crippen molar-refractivity contribution >= 4 is 35.0 Å².